The quantitative estimate of drug-likeness (QED) is 0.685. The van der Waals surface area contributed by atoms with Crippen molar-refractivity contribution in [3.63, 3.8) is 0 Å². The molecule has 0 aliphatic rings. The fourth-order valence-corrected chi connectivity index (χ4v) is 3.67. The number of carbonyl (C=O) groups excluding carboxylic acids is 1. The van der Waals surface area contributed by atoms with Gasteiger partial charge in [-0.1, -0.05) is 42.9 Å². The van der Waals surface area contributed by atoms with Crippen LogP contribution < -0.4 is 10.1 Å². The molecule has 1 amide bonds. The van der Waals surface area contributed by atoms with Gasteiger partial charge in [0.25, 0.3) is 5.91 Å². The number of aryl methyl sites for hydroxylation is 1. The Hall–Kier alpha value is -2.25. The van der Waals surface area contributed by atoms with Crippen molar-refractivity contribution < 1.29 is 9.53 Å². The van der Waals surface area contributed by atoms with Crippen LogP contribution in [-0.4, -0.2) is 22.7 Å². The number of thiophene rings is 1. The van der Waals surface area contributed by atoms with Crippen molar-refractivity contribution in [3.8, 4) is 15.6 Å². The van der Waals surface area contributed by atoms with Crippen LogP contribution in [0.5, 0.6) is 5.75 Å². The van der Waals surface area contributed by atoms with Gasteiger partial charge in [0.05, 0.1) is 4.88 Å². The monoisotopic (exact) mass is 359 g/mol. The highest BCUT2D eigenvalue weighted by atomic mass is 32.1. The van der Waals surface area contributed by atoms with Crippen molar-refractivity contribution in [2.24, 2.45) is 0 Å². The van der Waals surface area contributed by atoms with Crippen molar-refractivity contribution in [3.05, 3.63) is 47.3 Å². The average Bonchev–Trinajstić information content (AvgIpc) is 3.26. The average molecular weight is 359 g/mol. The molecule has 0 fully saturated rings. The van der Waals surface area contributed by atoms with E-state index in [-0.39, 0.29) is 12.5 Å². The number of hydrogen-bond donors (Lipinski definition) is 1. The van der Waals surface area contributed by atoms with Gasteiger partial charge in [0.1, 0.15) is 5.75 Å². The SMILES string of the molecule is CCCc1ccc(OCC(=O)Nc2nnc(-c3cccs3)s2)cc1. The first kappa shape index (κ1) is 16.6. The third-order valence-corrected chi connectivity index (χ3v) is 5.11. The van der Waals surface area contributed by atoms with Gasteiger partial charge < -0.3 is 4.74 Å². The lowest BCUT2D eigenvalue weighted by Crippen LogP contribution is -2.20. The van der Waals surface area contributed by atoms with E-state index in [1.165, 1.54) is 16.9 Å². The van der Waals surface area contributed by atoms with Gasteiger partial charge in [0, 0.05) is 0 Å². The molecule has 0 radical (unpaired) electrons. The van der Waals surface area contributed by atoms with Crippen LogP contribution in [0.15, 0.2) is 41.8 Å². The third-order valence-electron chi connectivity index (χ3n) is 3.24. The van der Waals surface area contributed by atoms with E-state index in [1.807, 2.05) is 41.8 Å². The molecule has 3 aromatic rings. The van der Waals surface area contributed by atoms with Crippen molar-refractivity contribution in [1.82, 2.24) is 10.2 Å². The fraction of sp³-hybridized carbons (Fsp3) is 0.235. The highest BCUT2D eigenvalue weighted by Gasteiger charge is 2.10. The maximum absolute atomic E-state index is 12.0. The zero-order valence-electron chi connectivity index (χ0n) is 13.2. The Morgan fingerprint density at radius 1 is 1.21 bits per heavy atom. The van der Waals surface area contributed by atoms with Crippen LogP contribution in [0.4, 0.5) is 5.13 Å². The summed E-state index contributed by atoms with van der Waals surface area (Å²) >= 11 is 2.94. The molecule has 24 heavy (non-hydrogen) atoms. The summed E-state index contributed by atoms with van der Waals surface area (Å²) in [5.41, 5.74) is 1.27. The standard InChI is InChI=1S/C17H17N3O2S2/c1-2-4-12-6-8-13(9-7-12)22-11-15(21)18-17-20-19-16(24-17)14-5-3-10-23-14/h3,5-10H,2,4,11H2,1H3,(H,18,20,21). The van der Waals surface area contributed by atoms with Gasteiger partial charge in [-0.2, -0.15) is 0 Å². The Morgan fingerprint density at radius 2 is 2.04 bits per heavy atom. The highest BCUT2D eigenvalue weighted by Crippen LogP contribution is 2.29. The number of aromatic nitrogens is 2. The molecule has 0 unspecified atom stereocenters. The predicted octanol–water partition coefficient (Wildman–Crippen LogP) is 4.24. The molecule has 0 bridgehead atoms. The molecule has 1 N–H and O–H groups in total. The largest absolute Gasteiger partial charge is 0.484 e. The minimum absolute atomic E-state index is 0.0545. The van der Waals surface area contributed by atoms with Crippen molar-refractivity contribution in [2.75, 3.05) is 11.9 Å². The fourth-order valence-electron chi connectivity index (χ4n) is 2.12. The molecule has 3 rings (SSSR count). The second kappa shape index (κ2) is 8.03. The Morgan fingerprint density at radius 3 is 2.75 bits per heavy atom. The number of ether oxygens (including phenoxy) is 1. The van der Waals surface area contributed by atoms with Crippen LogP contribution >= 0.6 is 22.7 Å². The predicted molar refractivity (Wildman–Crippen MR) is 97.8 cm³/mol. The molecule has 1 aromatic carbocycles. The summed E-state index contributed by atoms with van der Waals surface area (Å²) in [7, 11) is 0. The van der Waals surface area contributed by atoms with Gasteiger partial charge in [-0.3, -0.25) is 10.1 Å². The van der Waals surface area contributed by atoms with E-state index < -0.39 is 0 Å². The van der Waals surface area contributed by atoms with Crippen LogP contribution in [-0.2, 0) is 11.2 Å². The topological polar surface area (TPSA) is 64.1 Å². The highest BCUT2D eigenvalue weighted by molar-refractivity contribution is 7.23. The van der Waals surface area contributed by atoms with Crippen LogP contribution in [0.3, 0.4) is 0 Å². The number of nitrogens with zero attached hydrogens (tertiary/aromatic N) is 2. The zero-order valence-corrected chi connectivity index (χ0v) is 14.8. The van der Waals surface area contributed by atoms with E-state index in [0.29, 0.717) is 10.9 Å². The molecular formula is C17H17N3O2S2. The minimum Gasteiger partial charge on any atom is -0.484 e. The van der Waals surface area contributed by atoms with Gasteiger partial charge in [0.2, 0.25) is 5.13 Å². The molecule has 2 heterocycles. The third kappa shape index (κ3) is 4.39. The lowest BCUT2D eigenvalue weighted by molar-refractivity contribution is -0.118. The summed E-state index contributed by atoms with van der Waals surface area (Å²) in [6.45, 7) is 2.09. The first-order valence-corrected chi connectivity index (χ1v) is 9.33. The number of carbonyl (C=O) groups is 1. The lowest BCUT2D eigenvalue weighted by atomic mass is 10.1. The van der Waals surface area contributed by atoms with Gasteiger partial charge in [0.15, 0.2) is 11.6 Å². The first-order valence-electron chi connectivity index (χ1n) is 7.63. The summed E-state index contributed by atoms with van der Waals surface area (Å²) in [6.07, 6.45) is 2.16. The molecule has 0 atom stereocenters. The van der Waals surface area contributed by atoms with Gasteiger partial charge in [-0.05, 0) is 35.6 Å². The van der Waals surface area contributed by atoms with Gasteiger partial charge in [-0.15, -0.1) is 21.5 Å². The lowest BCUT2D eigenvalue weighted by Gasteiger charge is -2.06. The molecule has 2 aromatic heterocycles. The number of hydrogen-bond acceptors (Lipinski definition) is 6. The van der Waals surface area contributed by atoms with Crippen LogP contribution in [0.1, 0.15) is 18.9 Å². The number of nitrogens with one attached hydrogen (secondary N) is 1. The zero-order chi connectivity index (χ0) is 16.8. The van der Waals surface area contributed by atoms with Gasteiger partial charge in [-0.25, -0.2) is 0 Å². The Bertz CT molecular complexity index is 783. The Labute approximate surface area is 148 Å². The molecule has 7 heteroatoms. The molecule has 5 nitrogen and oxygen atoms in total. The van der Waals surface area contributed by atoms with Gasteiger partial charge >= 0.3 is 0 Å². The summed E-state index contributed by atoms with van der Waals surface area (Å²) in [6, 6.07) is 11.8. The van der Waals surface area contributed by atoms with E-state index in [2.05, 4.69) is 22.4 Å². The summed E-state index contributed by atoms with van der Waals surface area (Å²) in [4.78, 5) is 13.0. The van der Waals surface area contributed by atoms with Crippen LogP contribution in [0.2, 0.25) is 0 Å². The van der Waals surface area contributed by atoms with E-state index in [1.54, 1.807) is 11.3 Å². The van der Waals surface area contributed by atoms with E-state index in [9.17, 15) is 4.79 Å². The second-order valence-corrected chi connectivity index (χ2v) is 7.05. The number of rotatable bonds is 7. The number of anilines is 1. The first-order chi connectivity index (χ1) is 11.7. The maximum Gasteiger partial charge on any atom is 0.264 e. The molecule has 0 saturated heterocycles. The molecule has 124 valence electrons. The molecule has 0 spiro atoms. The van der Waals surface area contributed by atoms with E-state index >= 15 is 0 Å². The van der Waals surface area contributed by atoms with Crippen molar-refractivity contribution >= 4 is 33.7 Å². The van der Waals surface area contributed by atoms with Crippen LogP contribution in [0, 0.1) is 0 Å². The Balaban J connectivity index is 1.50. The second-order valence-electron chi connectivity index (χ2n) is 5.12. The number of benzene rings is 1. The van der Waals surface area contributed by atoms with E-state index in [0.717, 1.165) is 22.7 Å². The summed E-state index contributed by atoms with van der Waals surface area (Å²) in [5, 5.41) is 14.0. The molecule has 0 aliphatic heterocycles. The summed E-state index contributed by atoms with van der Waals surface area (Å²) in [5.74, 6) is 0.433. The normalized spacial score (nSPS) is 10.5. The summed E-state index contributed by atoms with van der Waals surface area (Å²) < 4.78 is 5.50. The smallest absolute Gasteiger partial charge is 0.264 e. The van der Waals surface area contributed by atoms with Crippen LogP contribution in [0.25, 0.3) is 9.88 Å². The van der Waals surface area contributed by atoms with E-state index in [4.69, 9.17) is 4.74 Å². The maximum atomic E-state index is 12.0. The molecular weight excluding hydrogens is 342 g/mol. The molecule has 0 saturated carbocycles. The number of amides is 1. The van der Waals surface area contributed by atoms with Crippen molar-refractivity contribution in [2.45, 2.75) is 19.8 Å². The molecule has 0 aliphatic carbocycles. The Kier molecular flexibility index (Phi) is 5.55. The van der Waals surface area contributed by atoms with Crippen molar-refractivity contribution in [1.29, 1.82) is 0 Å². The minimum atomic E-state index is -0.249.